The molecule has 0 saturated heterocycles. The van der Waals surface area contributed by atoms with Crippen molar-refractivity contribution in [2.75, 3.05) is 12.4 Å². The SMILES string of the molecule is COc1ccc(C=NNC(=O)C(=O)Nc2ccc(C#N)cc2)cc1CSc1nnc(C)s1. The van der Waals surface area contributed by atoms with Gasteiger partial charge in [0.1, 0.15) is 10.8 Å². The van der Waals surface area contributed by atoms with E-state index in [0.717, 1.165) is 26.2 Å². The van der Waals surface area contributed by atoms with Crippen LogP contribution < -0.4 is 15.5 Å². The predicted octanol–water partition coefficient (Wildman–Crippen LogP) is 3.11. The molecule has 0 aliphatic heterocycles. The minimum absolute atomic E-state index is 0.399. The van der Waals surface area contributed by atoms with Crippen LogP contribution in [0.25, 0.3) is 0 Å². The highest BCUT2D eigenvalue weighted by atomic mass is 32.2. The number of nitrogens with one attached hydrogen (secondary N) is 2. The number of aromatic nitrogens is 2. The van der Waals surface area contributed by atoms with E-state index in [1.54, 1.807) is 24.9 Å². The second-order valence-corrected chi connectivity index (χ2v) is 8.69. The zero-order valence-corrected chi connectivity index (χ0v) is 18.8. The lowest BCUT2D eigenvalue weighted by atomic mass is 10.1. The number of rotatable bonds is 7. The van der Waals surface area contributed by atoms with E-state index in [1.807, 2.05) is 25.1 Å². The molecule has 11 heteroatoms. The van der Waals surface area contributed by atoms with Crippen LogP contribution in [0.15, 0.2) is 51.9 Å². The molecule has 0 saturated carbocycles. The number of methoxy groups -OCH3 is 1. The van der Waals surface area contributed by atoms with Crippen molar-refractivity contribution in [3.05, 3.63) is 64.2 Å². The van der Waals surface area contributed by atoms with Gasteiger partial charge in [-0.3, -0.25) is 9.59 Å². The van der Waals surface area contributed by atoms with Gasteiger partial charge in [-0.05, 0) is 55.0 Å². The summed E-state index contributed by atoms with van der Waals surface area (Å²) in [5.41, 5.74) is 4.70. The third kappa shape index (κ3) is 6.37. The molecule has 32 heavy (non-hydrogen) atoms. The third-order valence-electron chi connectivity index (χ3n) is 4.02. The molecule has 9 nitrogen and oxygen atoms in total. The van der Waals surface area contributed by atoms with Crippen molar-refractivity contribution in [3.8, 4) is 11.8 Å². The Morgan fingerprint density at radius 1 is 1.22 bits per heavy atom. The molecular formula is C21H18N6O3S2. The lowest BCUT2D eigenvalue weighted by molar-refractivity contribution is -0.136. The quantitative estimate of drug-likeness (QED) is 0.237. The molecule has 2 N–H and O–H groups in total. The van der Waals surface area contributed by atoms with Crippen LogP contribution in [-0.2, 0) is 15.3 Å². The number of hydrogen-bond acceptors (Lipinski definition) is 9. The monoisotopic (exact) mass is 466 g/mol. The van der Waals surface area contributed by atoms with Crippen LogP contribution in [-0.4, -0.2) is 35.3 Å². The van der Waals surface area contributed by atoms with Crippen molar-refractivity contribution in [1.29, 1.82) is 5.26 Å². The summed E-state index contributed by atoms with van der Waals surface area (Å²) in [6.07, 6.45) is 1.44. The van der Waals surface area contributed by atoms with Crippen molar-refractivity contribution in [2.24, 2.45) is 5.10 Å². The molecule has 0 spiro atoms. The maximum absolute atomic E-state index is 12.0. The average Bonchev–Trinajstić information content (AvgIpc) is 3.23. The summed E-state index contributed by atoms with van der Waals surface area (Å²) in [5, 5.41) is 24.1. The van der Waals surface area contributed by atoms with Crippen LogP contribution in [0.5, 0.6) is 5.75 Å². The van der Waals surface area contributed by atoms with Gasteiger partial charge in [0.2, 0.25) is 0 Å². The van der Waals surface area contributed by atoms with E-state index in [9.17, 15) is 9.59 Å². The van der Waals surface area contributed by atoms with Gasteiger partial charge in [-0.2, -0.15) is 10.4 Å². The Labute approximate surface area is 192 Å². The highest BCUT2D eigenvalue weighted by Crippen LogP contribution is 2.30. The number of amides is 2. The van der Waals surface area contributed by atoms with Crippen LogP contribution in [0.1, 0.15) is 21.7 Å². The van der Waals surface area contributed by atoms with Gasteiger partial charge in [0.25, 0.3) is 0 Å². The maximum Gasteiger partial charge on any atom is 0.329 e. The number of anilines is 1. The zero-order chi connectivity index (χ0) is 22.9. The Balaban J connectivity index is 1.58. The number of carbonyl (C=O) groups is 2. The minimum atomic E-state index is -0.915. The molecule has 2 aromatic carbocycles. The number of hydrogen-bond donors (Lipinski definition) is 2. The number of nitriles is 1. The summed E-state index contributed by atoms with van der Waals surface area (Å²) < 4.78 is 6.27. The van der Waals surface area contributed by atoms with Gasteiger partial charge in [0, 0.05) is 17.0 Å². The summed E-state index contributed by atoms with van der Waals surface area (Å²) in [5.74, 6) is -0.437. The fourth-order valence-electron chi connectivity index (χ4n) is 2.50. The number of ether oxygens (including phenoxy) is 1. The third-order valence-corrected chi connectivity index (χ3v) is 6.04. The van der Waals surface area contributed by atoms with E-state index in [4.69, 9.17) is 10.00 Å². The number of aryl methyl sites for hydroxylation is 1. The first-order valence-corrected chi connectivity index (χ1v) is 11.0. The van der Waals surface area contributed by atoms with E-state index in [0.29, 0.717) is 17.0 Å². The summed E-state index contributed by atoms with van der Waals surface area (Å²) in [4.78, 5) is 23.9. The fraction of sp³-hybridized carbons (Fsp3) is 0.143. The topological polar surface area (TPSA) is 129 Å². The smallest absolute Gasteiger partial charge is 0.329 e. The molecule has 3 aromatic rings. The van der Waals surface area contributed by atoms with Crippen LogP contribution in [0.3, 0.4) is 0 Å². The highest BCUT2D eigenvalue weighted by molar-refractivity contribution is 8.00. The molecular weight excluding hydrogens is 448 g/mol. The van der Waals surface area contributed by atoms with Gasteiger partial charge in [0.05, 0.1) is 25.0 Å². The average molecular weight is 467 g/mol. The minimum Gasteiger partial charge on any atom is -0.496 e. The van der Waals surface area contributed by atoms with Gasteiger partial charge in [0.15, 0.2) is 4.34 Å². The first-order chi connectivity index (χ1) is 15.5. The molecule has 2 amide bonds. The molecule has 1 heterocycles. The van der Waals surface area contributed by atoms with Crippen molar-refractivity contribution >= 4 is 46.8 Å². The van der Waals surface area contributed by atoms with Crippen LogP contribution in [0.2, 0.25) is 0 Å². The largest absolute Gasteiger partial charge is 0.496 e. The number of thioether (sulfide) groups is 1. The second kappa shape index (κ2) is 11.0. The predicted molar refractivity (Wildman–Crippen MR) is 123 cm³/mol. The van der Waals surface area contributed by atoms with Crippen molar-refractivity contribution in [2.45, 2.75) is 17.0 Å². The Morgan fingerprint density at radius 2 is 2.00 bits per heavy atom. The lowest BCUT2D eigenvalue weighted by Gasteiger charge is -2.08. The Bertz CT molecular complexity index is 1180. The second-order valence-electron chi connectivity index (χ2n) is 6.29. The molecule has 3 rings (SSSR count). The van der Waals surface area contributed by atoms with E-state index in [2.05, 4.69) is 26.0 Å². The van der Waals surface area contributed by atoms with Crippen molar-refractivity contribution in [3.63, 3.8) is 0 Å². The normalized spacial score (nSPS) is 10.5. The molecule has 0 unspecified atom stereocenters. The number of benzene rings is 2. The van der Waals surface area contributed by atoms with Gasteiger partial charge >= 0.3 is 11.8 Å². The molecule has 0 aliphatic rings. The van der Waals surface area contributed by atoms with Crippen LogP contribution in [0.4, 0.5) is 5.69 Å². The van der Waals surface area contributed by atoms with E-state index >= 15 is 0 Å². The summed E-state index contributed by atoms with van der Waals surface area (Å²) in [7, 11) is 1.60. The highest BCUT2D eigenvalue weighted by Gasteiger charge is 2.13. The van der Waals surface area contributed by atoms with Crippen molar-refractivity contribution in [1.82, 2.24) is 15.6 Å². The van der Waals surface area contributed by atoms with E-state index in [1.165, 1.54) is 41.8 Å². The first kappa shape index (κ1) is 22.9. The van der Waals surface area contributed by atoms with Gasteiger partial charge in [-0.1, -0.05) is 23.1 Å². The van der Waals surface area contributed by atoms with Crippen LogP contribution >= 0.6 is 23.1 Å². The molecule has 1 aromatic heterocycles. The Hall–Kier alpha value is -3.75. The lowest BCUT2D eigenvalue weighted by Crippen LogP contribution is -2.32. The van der Waals surface area contributed by atoms with E-state index < -0.39 is 11.8 Å². The molecule has 0 atom stereocenters. The van der Waals surface area contributed by atoms with Gasteiger partial charge in [-0.15, -0.1) is 10.2 Å². The van der Waals surface area contributed by atoms with E-state index in [-0.39, 0.29) is 0 Å². The fourth-order valence-corrected chi connectivity index (χ4v) is 4.29. The molecule has 0 radical (unpaired) electrons. The maximum atomic E-state index is 12.0. The standard InChI is InChI=1S/C21H18N6O3S2/c1-13-25-27-21(32-13)31-12-16-9-15(5-8-18(16)30-2)11-23-26-20(29)19(28)24-17-6-3-14(10-22)4-7-17/h3-9,11H,12H2,1-2H3,(H,24,28)(H,26,29). The Morgan fingerprint density at radius 3 is 2.66 bits per heavy atom. The van der Waals surface area contributed by atoms with Gasteiger partial charge < -0.3 is 10.1 Å². The van der Waals surface area contributed by atoms with Gasteiger partial charge in [-0.25, -0.2) is 5.43 Å². The molecule has 162 valence electrons. The molecule has 0 fully saturated rings. The number of hydrazone groups is 1. The number of nitrogens with zero attached hydrogens (tertiary/aromatic N) is 4. The van der Waals surface area contributed by atoms with Crippen LogP contribution in [0, 0.1) is 18.3 Å². The zero-order valence-electron chi connectivity index (χ0n) is 17.2. The first-order valence-electron chi connectivity index (χ1n) is 9.23. The van der Waals surface area contributed by atoms with Crippen molar-refractivity contribution < 1.29 is 14.3 Å². The summed E-state index contributed by atoms with van der Waals surface area (Å²) >= 11 is 3.07. The molecule has 0 bridgehead atoms. The Kier molecular flexibility index (Phi) is 7.91. The summed E-state index contributed by atoms with van der Waals surface area (Å²) in [6.45, 7) is 1.90. The number of carbonyl (C=O) groups excluding carboxylic acids is 2. The molecule has 0 aliphatic carbocycles. The summed E-state index contributed by atoms with van der Waals surface area (Å²) in [6, 6.07) is 13.6.